The van der Waals surface area contributed by atoms with Gasteiger partial charge in [-0.05, 0) is 70.1 Å². The zero-order valence-corrected chi connectivity index (χ0v) is 20.0. The summed E-state index contributed by atoms with van der Waals surface area (Å²) in [7, 11) is 2.12. The van der Waals surface area contributed by atoms with Gasteiger partial charge in [0.1, 0.15) is 5.69 Å². The molecule has 4 rings (SSSR count). The second kappa shape index (κ2) is 10.8. The number of nitrogens with one attached hydrogen (secondary N) is 2. The molecule has 10 nitrogen and oxygen atoms in total. The summed E-state index contributed by atoms with van der Waals surface area (Å²) in [5.41, 5.74) is 3.48. The Morgan fingerprint density at radius 2 is 1.78 bits per heavy atom. The summed E-state index contributed by atoms with van der Waals surface area (Å²) in [6.45, 7) is 6.09. The van der Waals surface area contributed by atoms with Gasteiger partial charge in [-0.1, -0.05) is 6.07 Å². The third kappa shape index (κ3) is 6.62. The van der Waals surface area contributed by atoms with Gasteiger partial charge in [-0.3, -0.25) is 19.4 Å². The molecule has 0 aliphatic carbocycles. The summed E-state index contributed by atoms with van der Waals surface area (Å²) in [4.78, 5) is 36.2. The number of carbonyl (C=O) groups excluding carboxylic acids is 1. The molecule has 0 radical (unpaired) electrons. The molecule has 0 bridgehead atoms. The highest BCUT2D eigenvalue weighted by Gasteiger charge is 2.38. The molecule has 1 fully saturated rings. The summed E-state index contributed by atoms with van der Waals surface area (Å²) < 4.78 is 35.0. The predicted octanol–water partition coefficient (Wildman–Crippen LogP) is 3.13. The van der Waals surface area contributed by atoms with E-state index in [-0.39, 0.29) is 17.2 Å². The van der Waals surface area contributed by atoms with Gasteiger partial charge in [-0.25, -0.2) is 9.48 Å². The van der Waals surface area contributed by atoms with Crippen LogP contribution in [0.25, 0.3) is 5.69 Å². The van der Waals surface area contributed by atoms with Crippen LogP contribution in [-0.4, -0.2) is 67.8 Å². The van der Waals surface area contributed by atoms with Crippen molar-refractivity contribution in [1.29, 1.82) is 0 Å². The number of aromatic nitrogens is 4. The minimum absolute atomic E-state index is 0.209. The standard InChI is InChI=1S/C21H26N6O2.C2HF3O2/c1-14-4-5-18(10-15(14)2)27-20(28)11-19(24-27)21(29)23-16-12-22-26(13-16)17-6-8-25(3)9-7-17;3-2(4,5)1(6)7/h4-5,10-13,17,24H,6-9H2,1-3H3,(H,23,29);(H,6,7). The molecule has 3 aromatic rings. The summed E-state index contributed by atoms with van der Waals surface area (Å²) in [5.74, 6) is -3.12. The van der Waals surface area contributed by atoms with Crippen LogP contribution in [0.4, 0.5) is 18.9 Å². The molecular weight excluding hydrogens is 481 g/mol. The van der Waals surface area contributed by atoms with Crippen LogP contribution in [0.1, 0.15) is 40.5 Å². The molecule has 1 amide bonds. The fourth-order valence-electron chi connectivity index (χ4n) is 3.63. The first-order valence-electron chi connectivity index (χ1n) is 11.1. The summed E-state index contributed by atoms with van der Waals surface area (Å²) in [6.07, 6.45) is 0.496. The van der Waals surface area contributed by atoms with E-state index >= 15 is 0 Å². The Labute approximate surface area is 204 Å². The number of carboxylic acid groups (broad SMARTS) is 1. The lowest BCUT2D eigenvalue weighted by molar-refractivity contribution is -0.192. The van der Waals surface area contributed by atoms with Gasteiger partial charge in [0.25, 0.3) is 11.5 Å². The van der Waals surface area contributed by atoms with Gasteiger partial charge in [0, 0.05) is 12.3 Å². The van der Waals surface area contributed by atoms with Crippen LogP contribution >= 0.6 is 0 Å². The molecule has 13 heteroatoms. The maximum absolute atomic E-state index is 12.6. The molecule has 0 unspecified atom stereocenters. The third-order valence-electron chi connectivity index (χ3n) is 5.88. The second-order valence-corrected chi connectivity index (χ2v) is 8.61. The molecule has 1 aliphatic heterocycles. The third-order valence-corrected chi connectivity index (χ3v) is 5.88. The van der Waals surface area contributed by atoms with Gasteiger partial charge in [0.05, 0.1) is 23.6 Å². The molecular formula is C23H27F3N6O4. The molecule has 0 spiro atoms. The topological polar surface area (TPSA) is 125 Å². The lowest BCUT2D eigenvalue weighted by atomic mass is 10.1. The van der Waals surface area contributed by atoms with E-state index in [0.717, 1.165) is 37.1 Å². The normalized spacial score (nSPS) is 14.7. The number of anilines is 1. The maximum atomic E-state index is 12.6. The minimum Gasteiger partial charge on any atom is -0.475 e. The number of aromatic amines is 1. The number of carbonyl (C=O) groups is 2. The Morgan fingerprint density at radius 3 is 2.36 bits per heavy atom. The Bertz CT molecular complexity index is 1290. The first-order valence-corrected chi connectivity index (χ1v) is 11.1. The summed E-state index contributed by atoms with van der Waals surface area (Å²) in [6, 6.07) is 7.39. The van der Waals surface area contributed by atoms with Crippen LogP contribution in [0.15, 0.2) is 41.5 Å². The number of benzene rings is 1. The fraction of sp³-hybridized carbons (Fsp3) is 0.391. The average Bonchev–Trinajstić information content (AvgIpc) is 3.43. The molecule has 0 atom stereocenters. The number of aliphatic carboxylic acids is 1. The quantitative estimate of drug-likeness (QED) is 0.497. The number of amides is 1. The Hall–Kier alpha value is -3.87. The highest BCUT2D eigenvalue weighted by molar-refractivity contribution is 6.02. The summed E-state index contributed by atoms with van der Waals surface area (Å²) in [5, 5.41) is 17.3. The van der Waals surface area contributed by atoms with Gasteiger partial charge in [-0.2, -0.15) is 18.3 Å². The molecule has 3 heterocycles. The number of alkyl halides is 3. The van der Waals surface area contributed by atoms with Gasteiger partial charge in [0.15, 0.2) is 0 Å². The smallest absolute Gasteiger partial charge is 0.475 e. The van der Waals surface area contributed by atoms with Crippen LogP contribution in [-0.2, 0) is 4.79 Å². The van der Waals surface area contributed by atoms with Crippen molar-refractivity contribution in [2.24, 2.45) is 0 Å². The molecule has 1 aromatic carbocycles. The van der Waals surface area contributed by atoms with E-state index in [1.54, 1.807) is 6.20 Å². The number of rotatable bonds is 4. The van der Waals surface area contributed by atoms with Crippen LogP contribution in [0.2, 0.25) is 0 Å². The molecule has 194 valence electrons. The minimum atomic E-state index is -5.08. The SMILES string of the molecule is Cc1ccc(-n2[nH]c(C(=O)Nc3cnn(C4CCN(C)CC4)c3)cc2=O)cc1C.O=C(O)C(F)(F)F. The maximum Gasteiger partial charge on any atom is 0.490 e. The zero-order chi connectivity index (χ0) is 26.6. The number of likely N-dealkylation sites (tertiary alicyclic amines) is 1. The molecule has 3 N–H and O–H groups in total. The molecule has 2 aromatic heterocycles. The summed E-state index contributed by atoms with van der Waals surface area (Å²) >= 11 is 0. The second-order valence-electron chi connectivity index (χ2n) is 8.61. The van der Waals surface area contributed by atoms with Crippen LogP contribution in [0.5, 0.6) is 0 Å². The first kappa shape index (κ1) is 26.7. The molecule has 36 heavy (non-hydrogen) atoms. The van der Waals surface area contributed by atoms with E-state index in [9.17, 15) is 22.8 Å². The average molecular weight is 509 g/mol. The highest BCUT2D eigenvalue weighted by atomic mass is 19.4. The van der Waals surface area contributed by atoms with Crippen molar-refractivity contribution in [2.45, 2.75) is 38.9 Å². The number of hydrogen-bond donors (Lipinski definition) is 3. The molecule has 1 aliphatic rings. The predicted molar refractivity (Wildman–Crippen MR) is 126 cm³/mol. The van der Waals surface area contributed by atoms with Gasteiger partial charge in [0.2, 0.25) is 0 Å². The van der Waals surface area contributed by atoms with E-state index in [1.807, 2.05) is 42.9 Å². The molecule has 1 saturated heterocycles. The van der Waals surface area contributed by atoms with E-state index in [0.29, 0.717) is 17.4 Å². The van der Waals surface area contributed by atoms with Crippen LogP contribution in [0, 0.1) is 13.8 Å². The number of nitrogens with zero attached hydrogens (tertiary/aromatic N) is 4. The lowest BCUT2D eigenvalue weighted by Gasteiger charge is -2.28. The van der Waals surface area contributed by atoms with E-state index in [4.69, 9.17) is 9.90 Å². The number of aryl methyl sites for hydroxylation is 2. The van der Waals surface area contributed by atoms with E-state index in [1.165, 1.54) is 10.7 Å². The highest BCUT2D eigenvalue weighted by Crippen LogP contribution is 2.22. The molecule has 0 saturated carbocycles. The lowest BCUT2D eigenvalue weighted by Crippen LogP contribution is -2.31. The van der Waals surface area contributed by atoms with E-state index < -0.39 is 12.1 Å². The number of halogens is 3. The Kier molecular flexibility index (Phi) is 8.03. The van der Waals surface area contributed by atoms with Crippen molar-refractivity contribution >= 4 is 17.6 Å². The van der Waals surface area contributed by atoms with Crippen molar-refractivity contribution in [3.05, 3.63) is 63.8 Å². The Morgan fingerprint density at radius 1 is 1.14 bits per heavy atom. The van der Waals surface area contributed by atoms with Crippen LogP contribution in [0.3, 0.4) is 0 Å². The fourth-order valence-corrected chi connectivity index (χ4v) is 3.63. The zero-order valence-electron chi connectivity index (χ0n) is 20.0. The number of H-pyrrole nitrogens is 1. The number of piperidine rings is 1. The largest absolute Gasteiger partial charge is 0.490 e. The monoisotopic (exact) mass is 508 g/mol. The van der Waals surface area contributed by atoms with Crippen molar-refractivity contribution < 1.29 is 27.9 Å². The van der Waals surface area contributed by atoms with Gasteiger partial charge < -0.3 is 15.3 Å². The van der Waals surface area contributed by atoms with Crippen molar-refractivity contribution in [1.82, 2.24) is 24.5 Å². The van der Waals surface area contributed by atoms with E-state index in [2.05, 4.69) is 27.5 Å². The Balaban J connectivity index is 0.000000454. The van der Waals surface area contributed by atoms with Crippen molar-refractivity contribution in [3.63, 3.8) is 0 Å². The van der Waals surface area contributed by atoms with Crippen molar-refractivity contribution in [3.8, 4) is 5.69 Å². The van der Waals surface area contributed by atoms with Gasteiger partial charge >= 0.3 is 12.1 Å². The number of carboxylic acids is 1. The van der Waals surface area contributed by atoms with Crippen LogP contribution < -0.4 is 10.9 Å². The van der Waals surface area contributed by atoms with Gasteiger partial charge in [-0.15, -0.1) is 0 Å². The number of hydrogen-bond acceptors (Lipinski definition) is 5. The first-order chi connectivity index (χ1) is 16.8. The van der Waals surface area contributed by atoms with Crippen molar-refractivity contribution in [2.75, 3.05) is 25.5 Å².